The Morgan fingerprint density at radius 2 is 0.925 bits per heavy atom. The van der Waals surface area contributed by atoms with E-state index in [4.69, 9.17) is 33.2 Å². The second-order valence-electron chi connectivity index (χ2n) is 13.0. The van der Waals surface area contributed by atoms with Crippen LogP contribution in [0.5, 0.6) is 0 Å². The number of hydrogen-bond acceptors (Lipinski definition) is 7. The number of nitrogens with zero attached hydrogens (tertiary/aromatic N) is 4. The van der Waals surface area contributed by atoms with Gasteiger partial charge in [-0.25, -0.2) is 19.9 Å². The number of para-hydroxylation sites is 2. The van der Waals surface area contributed by atoms with Crippen LogP contribution >= 0.6 is 0 Å². The van der Waals surface area contributed by atoms with Crippen LogP contribution in [0, 0.1) is 0 Å². The molecule has 11 rings (SSSR count). The van der Waals surface area contributed by atoms with Gasteiger partial charge in [0.1, 0.15) is 27.8 Å². The van der Waals surface area contributed by atoms with Gasteiger partial charge in [0.15, 0.2) is 23.1 Å². The van der Waals surface area contributed by atoms with Crippen LogP contribution in [0.2, 0.25) is 0 Å². The van der Waals surface area contributed by atoms with Crippen molar-refractivity contribution in [3.8, 4) is 56.7 Å². The van der Waals surface area contributed by atoms with Gasteiger partial charge in [0.2, 0.25) is 5.89 Å². The molecule has 0 radical (unpaired) electrons. The molecule has 7 nitrogen and oxygen atoms in total. The van der Waals surface area contributed by atoms with Crippen LogP contribution in [0.15, 0.2) is 171 Å². The van der Waals surface area contributed by atoms with Crippen LogP contribution < -0.4 is 0 Å². The van der Waals surface area contributed by atoms with Crippen molar-refractivity contribution in [1.82, 2.24) is 19.9 Å². The predicted octanol–water partition coefficient (Wildman–Crippen LogP) is 12.1. The maximum atomic E-state index is 6.72. The van der Waals surface area contributed by atoms with E-state index in [0.29, 0.717) is 28.9 Å². The third-order valence-electron chi connectivity index (χ3n) is 9.78. The van der Waals surface area contributed by atoms with Gasteiger partial charge in [-0.3, -0.25) is 0 Å². The second kappa shape index (κ2) is 11.6. The van der Waals surface area contributed by atoms with Crippen molar-refractivity contribution in [2.45, 2.75) is 0 Å². The number of aromatic nitrogens is 4. The molecular formula is C46H26N4O3. The number of oxazole rings is 1. The molecule has 7 heteroatoms. The van der Waals surface area contributed by atoms with Crippen LogP contribution in [0.4, 0.5) is 0 Å². The van der Waals surface area contributed by atoms with Gasteiger partial charge in [-0.1, -0.05) is 115 Å². The SMILES string of the molecule is c1ccc(-c2nc(-c3ccccc3)nc(-c3ccc(-c4cccc5c4oc4cc6oc(-c7ccccc7)nc6cc45)c4oc5ccccc5c34)n2)cc1. The zero-order chi connectivity index (χ0) is 34.9. The first-order valence-electron chi connectivity index (χ1n) is 17.4. The summed E-state index contributed by atoms with van der Waals surface area (Å²) in [6.45, 7) is 0. The highest BCUT2D eigenvalue weighted by Crippen LogP contribution is 2.45. The molecule has 0 amide bonds. The molecule has 53 heavy (non-hydrogen) atoms. The van der Waals surface area contributed by atoms with Gasteiger partial charge in [0.05, 0.1) is 0 Å². The zero-order valence-corrected chi connectivity index (χ0v) is 28.0. The fraction of sp³-hybridized carbons (Fsp3) is 0. The Kier molecular flexibility index (Phi) is 6.42. The lowest BCUT2D eigenvalue weighted by atomic mass is 9.96. The van der Waals surface area contributed by atoms with Gasteiger partial charge in [-0.05, 0) is 36.4 Å². The van der Waals surface area contributed by atoms with Crippen LogP contribution in [0.25, 0.3) is 112 Å². The molecule has 0 aliphatic heterocycles. The molecule has 0 saturated heterocycles. The van der Waals surface area contributed by atoms with Gasteiger partial charge < -0.3 is 13.3 Å². The minimum atomic E-state index is 0.563. The standard InChI is InChI=1S/C46H26N4O3/c1-4-13-27(14-5-1)43-48-44(28-15-6-2-7-16-28)50-45(49-43)34-24-23-32(42-40(34)33-19-10-11-22-37(33)51-42)30-20-12-21-31-35-25-36-39(26-38(35)52-41(30)31)53-46(47-36)29-17-8-3-9-18-29/h1-26H. The Morgan fingerprint density at radius 3 is 1.66 bits per heavy atom. The molecule has 11 aromatic rings. The summed E-state index contributed by atoms with van der Waals surface area (Å²) in [5.41, 5.74) is 9.83. The molecule has 248 valence electrons. The van der Waals surface area contributed by atoms with Gasteiger partial charge in [-0.2, -0.15) is 0 Å². The van der Waals surface area contributed by atoms with E-state index in [0.717, 1.165) is 82.8 Å². The van der Waals surface area contributed by atoms with E-state index in [-0.39, 0.29) is 0 Å². The highest BCUT2D eigenvalue weighted by Gasteiger charge is 2.23. The third kappa shape index (κ3) is 4.75. The molecule has 4 aromatic heterocycles. The average molecular weight is 683 g/mol. The first-order chi connectivity index (χ1) is 26.2. The lowest BCUT2D eigenvalue weighted by Crippen LogP contribution is -2.00. The monoisotopic (exact) mass is 682 g/mol. The topological polar surface area (TPSA) is 91.0 Å². The summed E-state index contributed by atoms with van der Waals surface area (Å²) in [6, 6.07) is 52.4. The smallest absolute Gasteiger partial charge is 0.227 e. The Morgan fingerprint density at radius 1 is 0.340 bits per heavy atom. The zero-order valence-electron chi connectivity index (χ0n) is 28.0. The maximum Gasteiger partial charge on any atom is 0.227 e. The van der Waals surface area contributed by atoms with E-state index < -0.39 is 0 Å². The Balaban J connectivity index is 1.12. The molecule has 0 N–H and O–H groups in total. The maximum absolute atomic E-state index is 6.72. The van der Waals surface area contributed by atoms with Crippen molar-refractivity contribution in [2.24, 2.45) is 0 Å². The molecule has 0 fully saturated rings. The quantitative estimate of drug-likeness (QED) is 0.178. The predicted molar refractivity (Wildman–Crippen MR) is 209 cm³/mol. The highest BCUT2D eigenvalue weighted by atomic mass is 16.4. The van der Waals surface area contributed by atoms with Crippen LogP contribution in [0.3, 0.4) is 0 Å². The van der Waals surface area contributed by atoms with Crippen molar-refractivity contribution >= 4 is 55.0 Å². The fourth-order valence-electron chi connectivity index (χ4n) is 7.29. The number of fused-ring (bicyclic) bond motifs is 7. The molecule has 0 saturated carbocycles. The molecule has 0 aliphatic carbocycles. The molecule has 0 unspecified atom stereocenters. The van der Waals surface area contributed by atoms with Crippen molar-refractivity contribution in [1.29, 1.82) is 0 Å². The van der Waals surface area contributed by atoms with Gasteiger partial charge in [0.25, 0.3) is 0 Å². The molecule has 7 aromatic carbocycles. The van der Waals surface area contributed by atoms with E-state index in [1.165, 1.54) is 0 Å². The second-order valence-corrected chi connectivity index (χ2v) is 13.0. The number of rotatable bonds is 5. The van der Waals surface area contributed by atoms with Crippen molar-refractivity contribution < 1.29 is 13.3 Å². The van der Waals surface area contributed by atoms with Crippen LogP contribution in [0.1, 0.15) is 0 Å². The summed E-state index contributed by atoms with van der Waals surface area (Å²) in [6.07, 6.45) is 0. The lowest BCUT2D eigenvalue weighted by Gasteiger charge is -2.11. The summed E-state index contributed by atoms with van der Waals surface area (Å²) in [5.74, 6) is 2.34. The Bertz CT molecular complexity index is 3110. The highest BCUT2D eigenvalue weighted by molar-refractivity contribution is 6.19. The minimum Gasteiger partial charge on any atom is -0.455 e. The van der Waals surface area contributed by atoms with Gasteiger partial charge in [0, 0.05) is 61.0 Å². The summed E-state index contributed by atoms with van der Waals surface area (Å²) in [5, 5.41) is 3.84. The molecule has 0 atom stereocenters. The molecule has 0 aliphatic rings. The largest absolute Gasteiger partial charge is 0.455 e. The molecule has 0 bridgehead atoms. The number of furan rings is 2. The van der Waals surface area contributed by atoms with Crippen LogP contribution in [-0.4, -0.2) is 19.9 Å². The molecular weight excluding hydrogens is 657 g/mol. The molecule has 0 spiro atoms. The normalized spacial score (nSPS) is 11.8. The Hall–Kier alpha value is -7.38. The molecule has 4 heterocycles. The van der Waals surface area contributed by atoms with E-state index in [9.17, 15) is 0 Å². The number of benzene rings is 7. The summed E-state index contributed by atoms with van der Waals surface area (Å²) in [7, 11) is 0. The van der Waals surface area contributed by atoms with Crippen LogP contribution in [-0.2, 0) is 0 Å². The van der Waals surface area contributed by atoms with Crippen molar-refractivity contribution in [2.75, 3.05) is 0 Å². The summed E-state index contributed by atoms with van der Waals surface area (Å²) >= 11 is 0. The van der Waals surface area contributed by atoms with Gasteiger partial charge >= 0.3 is 0 Å². The van der Waals surface area contributed by atoms with E-state index in [1.807, 2.05) is 121 Å². The lowest BCUT2D eigenvalue weighted by molar-refractivity contribution is 0.617. The Labute approximate surface area is 301 Å². The van der Waals surface area contributed by atoms with Gasteiger partial charge in [-0.15, -0.1) is 0 Å². The first kappa shape index (κ1) is 29.4. The fourth-order valence-corrected chi connectivity index (χ4v) is 7.29. The summed E-state index contributed by atoms with van der Waals surface area (Å²) in [4.78, 5) is 19.9. The van der Waals surface area contributed by atoms with Crippen molar-refractivity contribution in [3.63, 3.8) is 0 Å². The van der Waals surface area contributed by atoms with E-state index in [1.54, 1.807) is 0 Å². The van der Waals surface area contributed by atoms with Crippen molar-refractivity contribution in [3.05, 3.63) is 158 Å². The van der Waals surface area contributed by atoms with E-state index in [2.05, 4.69) is 36.4 Å². The number of hydrogen-bond donors (Lipinski definition) is 0. The van der Waals surface area contributed by atoms with E-state index >= 15 is 0 Å². The summed E-state index contributed by atoms with van der Waals surface area (Å²) < 4.78 is 19.6. The third-order valence-corrected chi connectivity index (χ3v) is 9.78. The first-order valence-corrected chi connectivity index (χ1v) is 17.4. The minimum absolute atomic E-state index is 0.563. The average Bonchev–Trinajstić information content (AvgIpc) is 3.94.